The molecule has 5 heterocycles. The second kappa shape index (κ2) is 6.22. The Balaban J connectivity index is 1.51. The molecule has 0 spiro atoms. The smallest absolute Gasteiger partial charge is 0.151 e. The molecule has 1 N–H and O–H groups in total. The zero-order chi connectivity index (χ0) is 19.5. The van der Waals surface area contributed by atoms with Crippen molar-refractivity contribution in [2.45, 2.75) is 31.2 Å². The van der Waals surface area contributed by atoms with Crippen molar-refractivity contribution in [1.29, 1.82) is 5.26 Å². The van der Waals surface area contributed by atoms with E-state index >= 15 is 0 Å². The highest BCUT2D eigenvalue weighted by atomic mass is 16.6. The lowest BCUT2D eigenvalue weighted by Gasteiger charge is -2.50. The second-order valence-electron chi connectivity index (χ2n) is 8.57. The molecule has 29 heavy (non-hydrogen) atoms. The topological polar surface area (TPSA) is 107 Å². The van der Waals surface area contributed by atoms with Gasteiger partial charge in [-0.25, -0.2) is 9.62 Å². The summed E-state index contributed by atoms with van der Waals surface area (Å²) in [5.41, 5.74) is 4.27. The highest BCUT2D eigenvalue weighted by Crippen LogP contribution is 2.48. The number of aromatic amines is 1. The third kappa shape index (κ3) is 2.40. The number of rotatable bonds is 2. The van der Waals surface area contributed by atoms with Gasteiger partial charge >= 0.3 is 0 Å². The van der Waals surface area contributed by atoms with Gasteiger partial charge in [0.25, 0.3) is 0 Å². The monoisotopic (exact) mass is 387 g/mol. The molecular formula is C21H21N7O. The van der Waals surface area contributed by atoms with E-state index in [2.05, 4.69) is 38.5 Å². The molecule has 1 aliphatic carbocycles. The van der Waals surface area contributed by atoms with Crippen LogP contribution in [0.4, 0.5) is 5.82 Å². The zero-order valence-corrected chi connectivity index (χ0v) is 16.1. The summed E-state index contributed by atoms with van der Waals surface area (Å²) in [5, 5.41) is 25.7. The van der Waals surface area contributed by atoms with E-state index in [1.165, 1.54) is 12.8 Å². The van der Waals surface area contributed by atoms with E-state index in [0.717, 1.165) is 35.6 Å². The maximum atomic E-state index is 10.3. The predicted molar refractivity (Wildman–Crippen MR) is 106 cm³/mol. The van der Waals surface area contributed by atoms with E-state index < -0.39 is 0 Å². The van der Waals surface area contributed by atoms with Gasteiger partial charge in [0.05, 0.1) is 18.2 Å². The molecule has 146 valence electrons. The van der Waals surface area contributed by atoms with Crippen LogP contribution < -0.4 is 0 Å². The lowest BCUT2D eigenvalue weighted by Crippen LogP contribution is -2.54. The van der Waals surface area contributed by atoms with Gasteiger partial charge in [0.2, 0.25) is 0 Å². The first-order valence-electron chi connectivity index (χ1n) is 10.2. The Morgan fingerprint density at radius 3 is 3.00 bits per heavy atom. The van der Waals surface area contributed by atoms with Gasteiger partial charge in [-0.2, -0.15) is 10.4 Å². The minimum Gasteiger partial charge on any atom is -0.302 e. The van der Waals surface area contributed by atoms with Gasteiger partial charge in [-0.05, 0) is 54.2 Å². The fourth-order valence-electron chi connectivity index (χ4n) is 5.83. The van der Waals surface area contributed by atoms with Crippen LogP contribution in [0.2, 0.25) is 0 Å². The standard InChI is InChI=1S/C21H21N7O/c1-28-10-11-5-6-17(28)13(7-11)19-14(8-22)18(15-9-23-25-21(15)24-19)12-3-2-4-16-20(12)27-29-26-16/h2-4,9,11,13-14,17-18H,5-7,10H2,1H3,(H,23,25). The maximum absolute atomic E-state index is 10.3. The summed E-state index contributed by atoms with van der Waals surface area (Å²) in [4.78, 5) is 7.43. The molecule has 1 aromatic carbocycles. The SMILES string of the molecule is CN1CC2CCC1C(C1=Nc3[nH]ncc3C(c3cccc4nonc34)C1C#N)C2. The number of aromatic nitrogens is 4. The molecule has 3 aromatic rings. The summed E-state index contributed by atoms with van der Waals surface area (Å²) in [5.74, 6) is 1.18. The van der Waals surface area contributed by atoms with Crippen LogP contribution >= 0.6 is 0 Å². The lowest BCUT2D eigenvalue weighted by atomic mass is 9.65. The van der Waals surface area contributed by atoms with Gasteiger partial charge in [0.15, 0.2) is 5.82 Å². The summed E-state index contributed by atoms with van der Waals surface area (Å²) in [6, 6.07) is 8.87. The number of nitrogens with one attached hydrogen (secondary N) is 1. The van der Waals surface area contributed by atoms with E-state index in [1.807, 2.05) is 18.2 Å². The van der Waals surface area contributed by atoms with Gasteiger partial charge in [-0.15, -0.1) is 0 Å². The van der Waals surface area contributed by atoms with Gasteiger partial charge < -0.3 is 4.90 Å². The largest absolute Gasteiger partial charge is 0.302 e. The first kappa shape index (κ1) is 16.9. The summed E-state index contributed by atoms with van der Waals surface area (Å²) >= 11 is 0. The molecule has 2 bridgehead atoms. The maximum Gasteiger partial charge on any atom is 0.151 e. The number of fused-ring (bicyclic) bond motifs is 5. The third-order valence-electron chi connectivity index (χ3n) is 7.08. The van der Waals surface area contributed by atoms with E-state index in [9.17, 15) is 5.26 Å². The van der Waals surface area contributed by atoms with Crippen molar-refractivity contribution >= 4 is 22.6 Å². The molecule has 1 saturated carbocycles. The van der Waals surface area contributed by atoms with Crippen LogP contribution in [0, 0.1) is 29.1 Å². The van der Waals surface area contributed by atoms with Crippen LogP contribution in [0.3, 0.4) is 0 Å². The molecule has 3 aliphatic heterocycles. The Hall–Kier alpha value is -3.05. The first-order chi connectivity index (χ1) is 14.2. The van der Waals surface area contributed by atoms with Crippen LogP contribution in [0.5, 0.6) is 0 Å². The second-order valence-corrected chi connectivity index (χ2v) is 8.57. The Bertz CT molecular complexity index is 1160. The molecule has 8 nitrogen and oxygen atoms in total. The van der Waals surface area contributed by atoms with Crippen molar-refractivity contribution in [3.05, 3.63) is 35.5 Å². The fraction of sp³-hybridized carbons (Fsp3) is 0.476. The predicted octanol–water partition coefficient (Wildman–Crippen LogP) is 3.03. The molecule has 7 rings (SSSR count). The van der Waals surface area contributed by atoms with Crippen LogP contribution in [0.1, 0.15) is 36.3 Å². The van der Waals surface area contributed by atoms with Crippen molar-refractivity contribution in [3.63, 3.8) is 0 Å². The molecular weight excluding hydrogens is 366 g/mol. The van der Waals surface area contributed by atoms with Gasteiger partial charge in [0, 0.05) is 35.7 Å². The molecule has 5 unspecified atom stereocenters. The van der Waals surface area contributed by atoms with Gasteiger partial charge in [0.1, 0.15) is 11.0 Å². The highest BCUT2D eigenvalue weighted by molar-refractivity contribution is 5.97. The highest BCUT2D eigenvalue weighted by Gasteiger charge is 2.47. The molecule has 3 fully saturated rings. The Morgan fingerprint density at radius 2 is 2.17 bits per heavy atom. The number of nitriles is 1. The van der Waals surface area contributed by atoms with Crippen molar-refractivity contribution in [2.75, 3.05) is 13.6 Å². The summed E-state index contributed by atoms with van der Waals surface area (Å²) in [6.07, 6.45) is 5.35. The molecule has 2 aromatic heterocycles. The fourth-order valence-corrected chi connectivity index (χ4v) is 5.83. The first-order valence-corrected chi connectivity index (χ1v) is 10.2. The van der Waals surface area contributed by atoms with Crippen LogP contribution in [0.25, 0.3) is 11.0 Å². The molecule has 8 heteroatoms. The molecule has 0 radical (unpaired) electrons. The minimum absolute atomic E-state index is 0.192. The molecule has 5 atom stereocenters. The summed E-state index contributed by atoms with van der Waals surface area (Å²) in [6.45, 7) is 1.15. The van der Waals surface area contributed by atoms with Crippen LogP contribution in [-0.2, 0) is 0 Å². The van der Waals surface area contributed by atoms with E-state index in [4.69, 9.17) is 9.62 Å². The average molecular weight is 387 g/mol. The lowest BCUT2D eigenvalue weighted by molar-refractivity contribution is 0.0454. The van der Waals surface area contributed by atoms with E-state index in [0.29, 0.717) is 28.9 Å². The number of aliphatic imine (C=N–C) groups is 1. The van der Waals surface area contributed by atoms with Crippen molar-refractivity contribution in [1.82, 2.24) is 25.4 Å². The van der Waals surface area contributed by atoms with Crippen LogP contribution in [-0.4, -0.2) is 50.8 Å². The van der Waals surface area contributed by atoms with Gasteiger partial charge in [-0.1, -0.05) is 12.1 Å². The van der Waals surface area contributed by atoms with Gasteiger partial charge in [-0.3, -0.25) is 5.10 Å². The third-order valence-corrected chi connectivity index (χ3v) is 7.08. The summed E-state index contributed by atoms with van der Waals surface area (Å²) < 4.78 is 4.99. The average Bonchev–Trinajstić information content (AvgIpc) is 3.41. The van der Waals surface area contributed by atoms with Crippen LogP contribution in [0.15, 0.2) is 34.0 Å². The molecule has 0 amide bonds. The van der Waals surface area contributed by atoms with Crippen molar-refractivity contribution < 1.29 is 4.63 Å². The number of H-pyrrole nitrogens is 1. The Morgan fingerprint density at radius 1 is 1.24 bits per heavy atom. The number of hydrogen-bond acceptors (Lipinski definition) is 7. The van der Waals surface area contributed by atoms with Crippen molar-refractivity contribution in [2.24, 2.45) is 22.7 Å². The number of benzene rings is 1. The molecule has 4 aliphatic rings. The number of piperidine rings is 2. The Kier molecular flexibility index (Phi) is 3.62. The normalized spacial score (nSPS) is 31.4. The zero-order valence-electron chi connectivity index (χ0n) is 16.1. The Labute approximate surface area is 167 Å². The quantitative estimate of drug-likeness (QED) is 0.724. The van der Waals surface area contributed by atoms with Crippen molar-refractivity contribution in [3.8, 4) is 6.07 Å². The molecule has 2 saturated heterocycles. The van der Waals surface area contributed by atoms with E-state index in [1.54, 1.807) is 6.20 Å². The summed E-state index contributed by atoms with van der Waals surface area (Å²) in [7, 11) is 2.20. The number of hydrogen-bond donors (Lipinski definition) is 1. The minimum atomic E-state index is -0.361. The van der Waals surface area contributed by atoms with E-state index in [-0.39, 0.29) is 11.8 Å². The number of nitrogens with zero attached hydrogens (tertiary/aromatic N) is 6.